The fraction of sp³-hybridized carbons (Fsp3) is 0.440. The van der Waals surface area contributed by atoms with Crippen LogP contribution in [0.25, 0.3) is 0 Å². The second kappa shape index (κ2) is 11.7. The Hall–Kier alpha value is -3.52. The van der Waals surface area contributed by atoms with E-state index in [1.807, 2.05) is 6.92 Å². The number of carbonyl (C=O) groups excluding carboxylic acids is 2. The number of sulfonamides is 1. The van der Waals surface area contributed by atoms with E-state index in [-0.39, 0.29) is 48.3 Å². The van der Waals surface area contributed by atoms with E-state index in [4.69, 9.17) is 4.74 Å². The number of fused-ring (bicyclic) bond motifs is 1. The molecule has 3 rings (SSSR count). The van der Waals surface area contributed by atoms with Gasteiger partial charge in [0, 0.05) is 30.9 Å². The fourth-order valence-electron chi connectivity index (χ4n) is 4.03. The average molecular weight is 573 g/mol. The molecular weight excluding hydrogens is 541 g/mol. The van der Waals surface area contributed by atoms with Crippen LogP contribution in [0.2, 0.25) is 0 Å². The standard InChI is InChI=1S/C25H31F3N4O6S/c1-15-12-32(16(2)14-33)23(34)20-11-19(30-39(4,36)37)9-10-21(20)38-22(15)13-31(3)24(35)29-18-7-5-17(6-8-18)25(26,27)28/h5-11,15-16,22,30,33H,12-14H2,1-4H3,(H,29,35)/t15-,16+,22+/m1/s1. The van der Waals surface area contributed by atoms with E-state index in [2.05, 4.69) is 10.0 Å². The molecule has 2 aromatic carbocycles. The van der Waals surface area contributed by atoms with Crippen molar-refractivity contribution in [1.29, 1.82) is 0 Å². The molecule has 1 aliphatic rings. The van der Waals surface area contributed by atoms with Gasteiger partial charge >= 0.3 is 12.2 Å². The molecule has 0 unspecified atom stereocenters. The number of nitrogens with one attached hydrogen (secondary N) is 2. The Morgan fingerprint density at radius 2 is 1.82 bits per heavy atom. The van der Waals surface area contributed by atoms with E-state index in [0.717, 1.165) is 30.5 Å². The van der Waals surface area contributed by atoms with Crippen molar-refractivity contribution < 1.29 is 41.0 Å². The van der Waals surface area contributed by atoms with E-state index in [1.165, 1.54) is 35.0 Å². The number of alkyl halides is 3. The summed E-state index contributed by atoms with van der Waals surface area (Å²) in [7, 11) is -2.12. The number of aliphatic hydroxyl groups is 1. The second-order valence-electron chi connectivity index (χ2n) is 9.59. The van der Waals surface area contributed by atoms with Crippen LogP contribution < -0.4 is 14.8 Å². The highest BCUT2D eigenvalue weighted by atomic mass is 32.2. The van der Waals surface area contributed by atoms with Crippen molar-refractivity contribution in [3.63, 3.8) is 0 Å². The molecule has 39 heavy (non-hydrogen) atoms. The molecule has 0 fully saturated rings. The molecule has 0 saturated carbocycles. The quantitative estimate of drug-likeness (QED) is 0.466. The summed E-state index contributed by atoms with van der Waals surface area (Å²) in [6.07, 6.45) is -4.15. The predicted octanol–water partition coefficient (Wildman–Crippen LogP) is 3.46. The summed E-state index contributed by atoms with van der Waals surface area (Å²) in [4.78, 5) is 29.0. The second-order valence-corrected chi connectivity index (χ2v) is 11.3. The third kappa shape index (κ3) is 7.76. The average Bonchev–Trinajstić information content (AvgIpc) is 2.84. The number of benzene rings is 2. The van der Waals surface area contributed by atoms with Crippen molar-refractivity contribution in [3.05, 3.63) is 53.6 Å². The third-order valence-corrected chi connectivity index (χ3v) is 6.84. The first-order valence-corrected chi connectivity index (χ1v) is 13.9. The summed E-state index contributed by atoms with van der Waals surface area (Å²) in [6, 6.07) is 7.15. The number of nitrogens with zero attached hydrogens (tertiary/aromatic N) is 2. The van der Waals surface area contributed by atoms with Crippen molar-refractivity contribution in [1.82, 2.24) is 9.80 Å². The lowest BCUT2D eigenvalue weighted by Gasteiger charge is -2.38. The number of halogens is 3. The Morgan fingerprint density at radius 3 is 2.38 bits per heavy atom. The number of ether oxygens (including phenoxy) is 1. The molecule has 2 aromatic rings. The van der Waals surface area contributed by atoms with Gasteiger partial charge in [-0.1, -0.05) is 6.92 Å². The van der Waals surface area contributed by atoms with Crippen molar-refractivity contribution >= 4 is 33.3 Å². The minimum absolute atomic E-state index is 0.0476. The van der Waals surface area contributed by atoms with Gasteiger partial charge in [0.25, 0.3) is 5.91 Å². The van der Waals surface area contributed by atoms with Crippen molar-refractivity contribution in [3.8, 4) is 5.75 Å². The van der Waals surface area contributed by atoms with Crippen LogP contribution in [0.5, 0.6) is 5.75 Å². The van der Waals surface area contributed by atoms with Gasteiger partial charge in [0.1, 0.15) is 11.9 Å². The molecule has 10 nitrogen and oxygen atoms in total. The van der Waals surface area contributed by atoms with Gasteiger partial charge in [0.2, 0.25) is 10.0 Å². The number of anilines is 2. The Balaban J connectivity index is 1.84. The van der Waals surface area contributed by atoms with Gasteiger partial charge in [0.15, 0.2) is 0 Å². The lowest BCUT2D eigenvalue weighted by atomic mass is 9.99. The molecule has 3 N–H and O–H groups in total. The topological polar surface area (TPSA) is 128 Å². The number of carbonyl (C=O) groups is 2. The lowest BCUT2D eigenvalue weighted by molar-refractivity contribution is -0.137. The fourth-order valence-corrected chi connectivity index (χ4v) is 4.59. The van der Waals surface area contributed by atoms with Crippen LogP contribution in [0.4, 0.5) is 29.3 Å². The monoisotopic (exact) mass is 572 g/mol. The van der Waals surface area contributed by atoms with Gasteiger partial charge in [0.05, 0.1) is 36.6 Å². The van der Waals surface area contributed by atoms with Gasteiger partial charge in [-0.15, -0.1) is 0 Å². The molecule has 14 heteroatoms. The summed E-state index contributed by atoms with van der Waals surface area (Å²) in [5, 5.41) is 12.3. The number of amides is 3. The molecular formula is C25H31F3N4O6S. The summed E-state index contributed by atoms with van der Waals surface area (Å²) in [6.45, 7) is 3.40. The molecule has 0 radical (unpaired) electrons. The summed E-state index contributed by atoms with van der Waals surface area (Å²) in [5.41, 5.74) is -0.424. The number of likely N-dealkylation sites (N-methyl/N-ethyl adjacent to an activating group) is 1. The molecule has 0 saturated heterocycles. The lowest BCUT2D eigenvalue weighted by Crippen LogP contribution is -2.50. The largest absolute Gasteiger partial charge is 0.487 e. The zero-order valence-electron chi connectivity index (χ0n) is 21.8. The van der Waals surface area contributed by atoms with Gasteiger partial charge in [-0.2, -0.15) is 13.2 Å². The van der Waals surface area contributed by atoms with Crippen LogP contribution in [0, 0.1) is 5.92 Å². The maximum absolute atomic E-state index is 13.4. The Morgan fingerprint density at radius 1 is 1.21 bits per heavy atom. The number of hydrogen-bond donors (Lipinski definition) is 3. The smallest absolute Gasteiger partial charge is 0.416 e. The summed E-state index contributed by atoms with van der Waals surface area (Å²) >= 11 is 0. The van der Waals surface area contributed by atoms with Crippen LogP contribution in [-0.2, 0) is 16.2 Å². The van der Waals surface area contributed by atoms with Crippen LogP contribution in [0.15, 0.2) is 42.5 Å². The minimum atomic E-state index is -4.49. The zero-order valence-corrected chi connectivity index (χ0v) is 22.6. The number of aliphatic hydroxyl groups excluding tert-OH is 1. The molecule has 3 atom stereocenters. The Kier molecular flexibility index (Phi) is 9.01. The van der Waals surface area contributed by atoms with Crippen molar-refractivity contribution in [2.75, 3.05) is 43.0 Å². The van der Waals surface area contributed by atoms with E-state index < -0.39 is 45.8 Å². The highest BCUT2D eigenvalue weighted by Gasteiger charge is 2.34. The van der Waals surface area contributed by atoms with Gasteiger partial charge in [-0.25, -0.2) is 13.2 Å². The Bertz CT molecular complexity index is 1300. The van der Waals surface area contributed by atoms with Crippen molar-refractivity contribution in [2.45, 2.75) is 32.2 Å². The first-order valence-electron chi connectivity index (χ1n) is 12.0. The van der Waals surface area contributed by atoms with Crippen molar-refractivity contribution in [2.24, 2.45) is 5.92 Å². The number of hydrogen-bond acceptors (Lipinski definition) is 6. The van der Waals surface area contributed by atoms with Crippen LogP contribution in [-0.4, -0.2) is 80.4 Å². The molecule has 0 spiro atoms. The van der Waals surface area contributed by atoms with Crippen LogP contribution in [0.1, 0.15) is 29.8 Å². The van der Waals surface area contributed by atoms with Crippen LogP contribution in [0.3, 0.4) is 0 Å². The molecule has 0 aliphatic carbocycles. The van der Waals surface area contributed by atoms with E-state index in [9.17, 15) is 36.3 Å². The summed E-state index contributed by atoms with van der Waals surface area (Å²) in [5.74, 6) is -0.601. The van der Waals surface area contributed by atoms with Gasteiger partial charge < -0.3 is 25.0 Å². The normalized spacial score (nSPS) is 18.8. The first-order chi connectivity index (χ1) is 18.1. The molecule has 0 aromatic heterocycles. The summed E-state index contributed by atoms with van der Waals surface area (Å²) < 4.78 is 70.3. The van der Waals surface area contributed by atoms with Gasteiger partial charge in [-0.3, -0.25) is 9.52 Å². The molecule has 214 valence electrons. The SMILES string of the molecule is C[C@@H]1CN([C@@H](C)CO)C(=O)c2cc(NS(C)(=O)=O)ccc2O[C@H]1CN(C)C(=O)Nc1ccc(C(F)(F)F)cc1. The maximum Gasteiger partial charge on any atom is 0.416 e. The van der Waals surface area contributed by atoms with E-state index in [1.54, 1.807) is 6.92 Å². The number of urea groups is 1. The molecule has 0 bridgehead atoms. The molecule has 1 aliphatic heterocycles. The van der Waals surface area contributed by atoms with Crippen LogP contribution >= 0.6 is 0 Å². The highest BCUT2D eigenvalue weighted by Crippen LogP contribution is 2.32. The number of rotatable bonds is 7. The molecule has 3 amide bonds. The first kappa shape index (κ1) is 30.0. The zero-order chi connectivity index (χ0) is 29.1. The highest BCUT2D eigenvalue weighted by molar-refractivity contribution is 7.92. The molecule has 1 heterocycles. The van der Waals surface area contributed by atoms with Gasteiger partial charge in [-0.05, 0) is 49.4 Å². The Labute approximate surface area is 224 Å². The maximum atomic E-state index is 13.4. The predicted molar refractivity (Wildman–Crippen MR) is 139 cm³/mol. The minimum Gasteiger partial charge on any atom is -0.487 e. The third-order valence-electron chi connectivity index (χ3n) is 6.23. The van der Waals surface area contributed by atoms with E-state index >= 15 is 0 Å². The van der Waals surface area contributed by atoms with E-state index in [0.29, 0.717) is 0 Å².